The maximum absolute atomic E-state index is 12.8. The maximum atomic E-state index is 12.8. The number of carbonyl (C=O) groups is 1. The monoisotopic (exact) mass is 453 g/mol. The van der Waals surface area contributed by atoms with Crippen LogP contribution in [-0.4, -0.2) is 5.78 Å². The van der Waals surface area contributed by atoms with Crippen molar-refractivity contribution in [1.82, 2.24) is 0 Å². The number of rotatable bonds is 11. The zero-order chi connectivity index (χ0) is 23.2. The molecule has 5 rings (SSSR count). The van der Waals surface area contributed by atoms with Crippen LogP contribution in [0.25, 0.3) is 0 Å². The van der Waals surface area contributed by atoms with Crippen LogP contribution in [-0.2, 0) is 6.61 Å². The van der Waals surface area contributed by atoms with Crippen LogP contribution in [0.15, 0.2) is 72.8 Å². The molecule has 3 aromatic carbocycles. The minimum absolute atomic E-state index is 0.258. The van der Waals surface area contributed by atoms with Crippen LogP contribution < -0.4 is 10.1 Å². The topological polar surface area (TPSA) is 38.3 Å². The Morgan fingerprint density at radius 1 is 0.882 bits per heavy atom. The van der Waals surface area contributed by atoms with E-state index in [1.165, 1.54) is 56.1 Å². The number of hydrogen-bond acceptors (Lipinski definition) is 3. The summed E-state index contributed by atoms with van der Waals surface area (Å²) < 4.78 is 6.07. The largest absolute Gasteiger partial charge is 0.489 e. The smallest absolute Gasteiger partial charge is 0.162 e. The summed E-state index contributed by atoms with van der Waals surface area (Å²) in [5, 5.41) is 3.58. The first kappa shape index (κ1) is 22.7. The van der Waals surface area contributed by atoms with Gasteiger partial charge in [0.25, 0.3) is 0 Å². The van der Waals surface area contributed by atoms with Crippen LogP contribution in [0.1, 0.15) is 85.2 Å². The number of hydrogen-bond donors (Lipinski definition) is 1. The first-order chi connectivity index (χ1) is 16.7. The van der Waals surface area contributed by atoms with Crippen LogP contribution in [0.3, 0.4) is 0 Å². The number of ether oxygens (including phenoxy) is 1. The molecule has 0 aromatic heterocycles. The van der Waals surface area contributed by atoms with E-state index in [1.807, 2.05) is 48.5 Å². The van der Waals surface area contributed by atoms with E-state index in [2.05, 4.69) is 29.6 Å². The number of benzene rings is 3. The van der Waals surface area contributed by atoms with Crippen molar-refractivity contribution < 1.29 is 9.53 Å². The molecule has 2 fully saturated rings. The van der Waals surface area contributed by atoms with Gasteiger partial charge in [-0.25, -0.2) is 0 Å². The van der Waals surface area contributed by atoms with Gasteiger partial charge in [-0.2, -0.15) is 0 Å². The van der Waals surface area contributed by atoms with Crippen LogP contribution in [0.2, 0.25) is 0 Å². The van der Waals surface area contributed by atoms with Crippen LogP contribution in [0.4, 0.5) is 11.4 Å². The summed E-state index contributed by atoms with van der Waals surface area (Å²) in [6.45, 7) is 0.572. The molecule has 3 aromatic rings. The van der Waals surface area contributed by atoms with Gasteiger partial charge in [0.2, 0.25) is 0 Å². The van der Waals surface area contributed by atoms with Gasteiger partial charge in [0.15, 0.2) is 5.78 Å². The lowest BCUT2D eigenvalue weighted by Gasteiger charge is -2.15. The Hall–Kier alpha value is -3.07. The third-order valence-electron chi connectivity index (χ3n) is 7.24. The third kappa shape index (κ3) is 6.08. The van der Waals surface area contributed by atoms with Crippen molar-refractivity contribution in [3.8, 4) is 5.75 Å². The Morgan fingerprint density at radius 2 is 1.71 bits per heavy atom. The molecule has 0 radical (unpaired) electrons. The van der Waals surface area contributed by atoms with Crippen LogP contribution in [0, 0.1) is 5.92 Å². The summed E-state index contributed by atoms with van der Waals surface area (Å²) in [6, 6.07) is 24.6. The number of Topliss-reactive ketones (excluding diaryl/α,β-unsaturated/α-hetero) is 1. The Labute approximate surface area is 203 Å². The summed E-state index contributed by atoms with van der Waals surface area (Å²) >= 11 is 0. The fourth-order valence-electron chi connectivity index (χ4n) is 5.14. The molecule has 2 saturated carbocycles. The fourth-order valence-corrected chi connectivity index (χ4v) is 5.14. The van der Waals surface area contributed by atoms with E-state index in [0.29, 0.717) is 18.9 Å². The predicted molar refractivity (Wildman–Crippen MR) is 139 cm³/mol. The molecule has 2 aliphatic carbocycles. The molecule has 0 unspecified atom stereocenters. The number of anilines is 2. The molecule has 2 aliphatic rings. The molecule has 0 atom stereocenters. The summed E-state index contributed by atoms with van der Waals surface area (Å²) in [5.41, 5.74) is 5.37. The van der Waals surface area contributed by atoms with Gasteiger partial charge in [-0.1, -0.05) is 74.6 Å². The van der Waals surface area contributed by atoms with E-state index >= 15 is 0 Å². The van der Waals surface area contributed by atoms with E-state index in [9.17, 15) is 4.79 Å². The first-order valence-corrected chi connectivity index (χ1v) is 13.0. The summed E-state index contributed by atoms with van der Waals surface area (Å²) in [5.74, 6) is 2.60. The van der Waals surface area contributed by atoms with Crippen molar-refractivity contribution in [2.75, 3.05) is 5.32 Å². The Bertz CT molecular complexity index is 1100. The first-order valence-electron chi connectivity index (χ1n) is 13.0. The SMILES string of the molecule is O=C(CCCC1CCCC1)c1cccc(Nc2ccc(OCc3ccccc3)cc2C2CC2)c1. The Balaban J connectivity index is 1.22. The van der Waals surface area contributed by atoms with E-state index in [1.54, 1.807) is 0 Å². The van der Waals surface area contributed by atoms with Crippen molar-refractivity contribution in [1.29, 1.82) is 0 Å². The van der Waals surface area contributed by atoms with E-state index in [4.69, 9.17) is 4.74 Å². The molecule has 0 spiro atoms. The van der Waals surface area contributed by atoms with Crippen molar-refractivity contribution in [3.05, 3.63) is 89.5 Å². The zero-order valence-corrected chi connectivity index (χ0v) is 20.0. The second-order valence-corrected chi connectivity index (χ2v) is 9.97. The lowest BCUT2D eigenvalue weighted by molar-refractivity contribution is 0.0977. The van der Waals surface area contributed by atoms with E-state index < -0.39 is 0 Å². The maximum Gasteiger partial charge on any atom is 0.162 e. The molecular formula is C31H35NO2. The molecule has 3 nitrogen and oxygen atoms in total. The average molecular weight is 454 g/mol. The summed E-state index contributed by atoms with van der Waals surface area (Å²) in [6.07, 6.45) is 10.8. The highest BCUT2D eigenvalue weighted by Gasteiger charge is 2.27. The molecule has 3 heteroatoms. The van der Waals surface area contributed by atoms with Gasteiger partial charge < -0.3 is 10.1 Å². The van der Waals surface area contributed by atoms with Crippen molar-refractivity contribution in [3.63, 3.8) is 0 Å². The van der Waals surface area contributed by atoms with Gasteiger partial charge in [0, 0.05) is 23.4 Å². The predicted octanol–water partition coefficient (Wildman–Crippen LogP) is 8.43. The molecule has 0 heterocycles. The Kier molecular flexibility index (Phi) is 7.28. The normalized spacial score (nSPS) is 15.9. The highest BCUT2D eigenvalue weighted by Crippen LogP contribution is 2.45. The number of nitrogens with one attached hydrogen (secondary N) is 1. The quantitative estimate of drug-likeness (QED) is 0.296. The van der Waals surface area contributed by atoms with Gasteiger partial charge in [-0.05, 0) is 72.6 Å². The molecule has 0 amide bonds. The molecule has 0 aliphatic heterocycles. The highest BCUT2D eigenvalue weighted by molar-refractivity contribution is 5.97. The molecular weight excluding hydrogens is 418 g/mol. The molecule has 1 N–H and O–H groups in total. The van der Waals surface area contributed by atoms with E-state index in [-0.39, 0.29) is 5.78 Å². The van der Waals surface area contributed by atoms with Crippen molar-refractivity contribution in [2.24, 2.45) is 5.92 Å². The molecule has 0 bridgehead atoms. The van der Waals surface area contributed by atoms with Crippen molar-refractivity contribution in [2.45, 2.75) is 70.3 Å². The fraction of sp³-hybridized carbons (Fsp3) is 0.387. The van der Waals surface area contributed by atoms with Gasteiger partial charge >= 0.3 is 0 Å². The Morgan fingerprint density at radius 3 is 2.50 bits per heavy atom. The second-order valence-electron chi connectivity index (χ2n) is 9.97. The van der Waals surface area contributed by atoms with Gasteiger partial charge in [-0.3, -0.25) is 4.79 Å². The third-order valence-corrected chi connectivity index (χ3v) is 7.24. The summed E-state index contributed by atoms with van der Waals surface area (Å²) in [7, 11) is 0. The van der Waals surface area contributed by atoms with Gasteiger partial charge in [-0.15, -0.1) is 0 Å². The lowest BCUT2D eigenvalue weighted by Crippen LogP contribution is -2.03. The number of carbonyl (C=O) groups excluding carboxylic acids is 1. The zero-order valence-electron chi connectivity index (χ0n) is 20.0. The van der Waals surface area contributed by atoms with Crippen LogP contribution >= 0.6 is 0 Å². The minimum atomic E-state index is 0.258. The molecule has 0 saturated heterocycles. The highest BCUT2D eigenvalue weighted by atomic mass is 16.5. The second kappa shape index (κ2) is 10.9. The van der Waals surface area contributed by atoms with Crippen molar-refractivity contribution >= 4 is 17.2 Å². The standard InChI is InChI=1S/C31H35NO2/c33-31(15-6-12-23-8-4-5-9-23)26-13-7-14-27(20-26)32-30-19-18-28(21-29(30)25-16-17-25)34-22-24-10-2-1-3-11-24/h1-3,7,10-11,13-14,18-21,23,25,32H,4-6,8-9,12,15-17,22H2. The van der Waals surface area contributed by atoms with Gasteiger partial charge in [0.1, 0.15) is 12.4 Å². The van der Waals surface area contributed by atoms with Gasteiger partial charge in [0.05, 0.1) is 0 Å². The lowest BCUT2D eigenvalue weighted by atomic mass is 9.97. The number of ketones is 1. The molecule has 176 valence electrons. The minimum Gasteiger partial charge on any atom is -0.489 e. The van der Waals surface area contributed by atoms with E-state index in [0.717, 1.165) is 35.0 Å². The van der Waals surface area contributed by atoms with Crippen LogP contribution in [0.5, 0.6) is 5.75 Å². The molecule has 34 heavy (non-hydrogen) atoms. The average Bonchev–Trinajstić information content (AvgIpc) is 3.59. The summed E-state index contributed by atoms with van der Waals surface area (Å²) in [4.78, 5) is 12.8.